The third kappa shape index (κ3) is 5.68. The topological polar surface area (TPSA) is 93.2 Å². The standard InChI is InChI=1S/C32H27F4N3O4S/c33-26-11-5-4-9-22(26)19-39-27-13-12-23(32(34,35)36)17-25(27)29(24-10-6-16-37-30(24)40)28(39)20-43-38-44(41,42)31(14-15-31)18-21-7-2-1-3-8-21/h1-13,16-17,38H,14-15,18-20H2,(H,37,40). The van der Waals surface area contributed by atoms with Gasteiger partial charge < -0.3 is 9.55 Å². The van der Waals surface area contributed by atoms with Crippen molar-refractivity contribution < 1.29 is 30.8 Å². The van der Waals surface area contributed by atoms with Gasteiger partial charge in [0.05, 0.1) is 22.5 Å². The van der Waals surface area contributed by atoms with Gasteiger partial charge in [0.15, 0.2) is 0 Å². The number of rotatable bonds is 10. The summed E-state index contributed by atoms with van der Waals surface area (Å²) in [4.78, 5) is 23.3. The summed E-state index contributed by atoms with van der Waals surface area (Å²) in [6.45, 7) is -0.586. The number of fused-ring (bicyclic) bond motifs is 1. The molecule has 0 unspecified atom stereocenters. The van der Waals surface area contributed by atoms with Crippen molar-refractivity contribution in [3.05, 3.63) is 130 Å². The Morgan fingerprint density at radius 3 is 2.36 bits per heavy atom. The molecule has 1 fully saturated rings. The Kier molecular flexibility index (Phi) is 7.68. The number of halogens is 4. The second-order valence-electron chi connectivity index (χ2n) is 10.9. The second-order valence-corrected chi connectivity index (χ2v) is 12.9. The number of hydrogen-bond acceptors (Lipinski definition) is 4. The van der Waals surface area contributed by atoms with Crippen LogP contribution in [0.5, 0.6) is 0 Å². The number of alkyl halides is 3. The normalized spacial score (nSPS) is 14.6. The lowest BCUT2D eigenvalue weighted by molar-refractivity contribution is -0.137. The molecule has 6 rings (SSSR count). The molecule has 228 valence electrons. The van der Waals surface area contributed by atoms with Crippen LogP contribution in [0.1, 0.15) is 35.2 Å². The van der Waals surface area contributed by atoms with Gasteiger partial charge in [0.1, 0.15) is 12.4 Å². The molecule has 3 aromatic carbocycles. The number of sulfonamides is 1. The predicted molar refractivity (Wildman–Crippen MR) is 157 cm³/mol. The number of benzene rings is 3. The van der Waals surface area contributed by atoms with E-state index in [1.165, 1.54) is 42.6 Å². The lowest BCUT2D eigenvalue weighted by Crippen LogP contribution is -2.37. The minimum atomic E-state index is -4.67. The SMILES string of the molecule is O=c1[nH]cccc1-c1c(CONS(=O)(=O)C2(Cc3ccccc3)CC2)n(Cc2ccccc2F)c2ccc(C(F)(F)F)cc12. The van der Waals surface area contributed by atoms with Crippen molar-refractivity contribution in [1.29, 1.82) is 0 Å². The Morgan fingerprint density at radius 1 is 0.955 bits per heavy atom. The number of H-pyrrole nitrogens is 1. The van der Waals surface area contributed by atoms with Crippen LogP contribution in [0.2, 0.25) is 0 Å². The Balaban J connectivity index is 1.44. The summed E-state index contributed by atoms with van der Waals surface area (Å²) in [5.74, 6) is -0.537. The van der Waals surface area contributed by atoms with Gasteiger partial charge in [-0.1, -0.05) is 53.4 Å². The van der Waals surface area contributed by atoms with E-state index in [1.54, 1.807) is 10.6 Å². The van der Waals surface area contributed by atoms with Crippen molar-refractivity contribution in [2.24, 2.45) is 0 Å². The van der Waals surface area contributed by atoms with Gasteiger partial charge >= 0.3 is 6.18 Å². The Labute approximate surface area is 250 Å². The Morgan fingerprint density at radius 2 is 1.68 bits per heavy atom. The lowest BCUT2D eigenvalue weighted by atomic mass is 10.0. The Hall–Kier alpha value is -4.26. The maximum atomic E-state index is 14.8. The van der Waals surface area contributed by atoms with Gasteiger partial charge in [0.2, 0.25) is 10.0 Å². The monoisotopic (exact) mass is 625 g/mol. The van der Waals surface area contributed by atoms with E-state index in [4.69, 9.17) is 4.84 Å². The number of nitrogens with one attached hydrogen (secondary N) is 2. The van der Waals surface area contributed by atoms with Crippen molar-refractivity contribution in [3.63, 3.8) is 0 Å². The van der Waals surface area contributed by atoms with Crippen LogP contribution in [0, 0.1) is 5.82 Å². The van der Waals surface area contributed by atoms with Crippen LogP contribution in [0.15, 0.2) is 95.9 Å². The number of hydrogen-bond donors (Lipinski definition) is 2. The van der Waals surface area contributed by atoms with E-state index in [0.717, 1.165) is 17.7 Å². The minimum Gasteiger partial charge on any atom is -0.337 e. The summed E-state index contributed by atoms with van der Waals surface area (Å²) in [6.07, 6.45) is -2.15. The van der Waals surface area contributed by atoms with E-state index >= 15 is 0 Å². The molecule has 0 atom stereocenters. The first-order valence-corrected chi connectivity index (χ1v) is 15.3. The molecule has 0 saturated heterocycles. The van der Waals surface area contributed by atoms with Crippen LogP contribution < -0.4 is 10.4 Å². The first-order valence-electron chi connectivity index (χ1n) is 13.8. The zero-order chi connectivity index (χ0) is 31.1. The van der Waals surface area contributed by atoms with Crippen molar-refractivity contribution in [2.45, 2.75) is 43.3 Å². The molecule has 12 heteroatoms. The van der Waals surface area contributed by atoms with Gasteiger partial charge in [-0.3, -0.25) is 9.63 Å². The number of pyridine rings is 1. The number of nitrogens with zero attached hydrogens (tertiary/aromatic N) is 1. The van der Waals surface area contributed by atoms with Crippen LogP contribution >= 0.6 is 0 Å². The quantitative estimate of drug-likeness (QED) is 0.140. The molecule has 2 heterocycles. The third-order valence-corrected chi connectivity index (χ3v) is 10.0. The molecule has 1 aliphatic carbocycles. The molecular formula is C32H27F4N3O4S. The van der Waals surface area contributed by atoms with Crippen molar-refractivity contribution >= 4 is 20.9 Å². The highest BCUT2D eigenvalue weighted by Gasteiger charge is 2.54. The number of aromatic nitrogens is 2. The molecule has 0 radical (unpaired) electrons. The van der Waals surface area contributed by atoms with Gasteiger partial charge in [0.25, 0.3) is 5.56 Å². The van der Waals surface area contributed by atoms with Crippen molar-refractivity contribution in [2.75, 3.05) is 0 Å². The minimum absolute atomic E-state index is 0.0494. The average Bonchev–Trinajstić information content (AvgIpc) is 3.72. The van der Waals surface area contributed by atoms with Gasteiger partial charge in [0, 0.05) is 33.8 Å². The largest absolute Gasteiger partial charge is 0.416 e. The molecule has 0 bridgehead atoms. The summed E-state index contributed by atoms with van der Waals surface area (Å²) in [7, 11) is -4.00. The van der Waals surface area contributed by atoms with Crippen LogP contribution in [-0.2, 0) is 40.6 Å². The highest BCUT2D eigenvalue weighted by atomic mass is 32.2. The highest BCUT2D eigenvalue weighted by molar-refractivity contribution is 7.91. The summed E-state index contributed by atoms with van der Waals surface area (Å²) < 4.78 is 83.5. The fourth-order valence-corrected chi connectivity index (χ4v) is 6.93. The molecule has 1 saturated carbocycles. The first kappa shape index (κ1) is 29.8. The first-order chi connectivity index (χ1) is 21.0. The van der Waals surface area contributed by atoms with E-state index < -0.39 is 44.5 Å². The van der Waals surface area contributed by atoms with E-state index in [2.05, 4.69) is 9.87 Å². The third-order valence-electron chi connectivity index (χ3n) is 8.00. The molecule has 0 spiro atoms. The van der Waals surface area contributed by atoms with Crippen molar-refractivity contribution in [1.82, 2.24) is 14.4 Å². The molecule has 44 heavy (non-hydrogen) atoms. The van der Waals surface area contributed by atoms with E-state index in [0.29, 0.717) is 12.8 Å². The van der Waals surface area contributed by atoms with Crippen LogP contribution in [0.25, 0.3) is 22.0 Å². The van der Waals surface area contributed by atoms with Crippen LogP contribution in [-0.4, -0.2) is 22.7 Å². The van der Waals surface area contributed by atoms with Gasteiger partial charge in [-0.05, 0) is 61.2 Å². The average molecular weight is 626 g/mol. The van der Waals surface area contributed by atoms with Gasteiger partial charge in [-0.25, -0.2) is 12.8 Å². The maximum Gasteiger partial charge on any atom is 0.416 e. The van der Waals surface area contributed by atoms with Gasteiger partial charge in [-0.15, -0.1) is 0 Å². The Bertz CT molecular complexity index is 2000. The number of aromatic amines is 1. The summed E-state index contributed by atoms with van der Waals surface area (Å²) in [5.41, 5.74) is 0.217. The maximum absolute atomic E-state index is 14.8. The fraction of sp³-hybridized carbons (Fsp3) is 0.219. The molecule has 5 aromatic rings. The zero-order valence-corrected chi connectivity index (χ0v) is 24.0. The summed E-state index contributed by atoms with van der Waals surface area (Å²) in [6, 6.07) is 21.2. The summed E-state index contributed by atoms with van der Waals surface area (Å²) in [5, 5.41) is 0.0806. The second kappa shape index (κ2) is 11.3. The van der Waals surface area contributed by atoms with Gasteiger partial charge in [-0.2, -0.15) is 13.2 Å². The van der Waals surface area contributed by atoms with Crippen LogP contribution in [0.3, 0.4) is 0 Å². The zero-order valence-electron chi connectivity index (χ0n) is 23.2. The fourth-order valence-electron chi connectivity index (χ4n) is 5.54. The summed E-state index contributed by atoms with van der Waals surface area (Å²) >= 11 is 0. The molecule has 2 N–H and O–H groups in total. The highest BCUT2D eigenvalue weighted by Crippen LogP contribution is 2.46. The molecule has 1 aliphatic rings. The molecule has 0 aliphatic heterocycles. The van der Waals surface area contributed by atoms with Crippen LogP contribution in [0.4, 0.5) is 17.6 Å². The smallest absolute Gasteiger partial charge is 0.337 e. The van der Waals surface area contributed by atoms with E-state index in [-0.39, 0.29) is 46.3 Å². The van der Waals surface area contributed by atoms with Crippen molar-refractivity contribution in [3.8, 4) is 11.1 Å². The lowest BCUT2D eigenvalue weighted by Gasteiger charge is -2.18. The molecule has 0 amide bonds. The molecular weight excluding hydrogens is 598 g/mol. The molecule has 7 nitrogen and oxygen atoms in total. The predicted octanol–water partition coefficient (Wildman–Crippen LogP) is 6.33. The van der Waals surface area contributed by atoms with E-state index in [1.807, 2.05) is 30.3 Å². The van der Waals surface area contributed by atoms with E-state index in [9.17, 15) is 30.8 Å². The molecule has 2 aromatic heterocycles.